The van der Waals surface area contributed by atoms with Crippen molar-refractivity contribution in [1.82, 2.24) is 0 Å². The molecule has 0 atom stereocenters. The van der Waals surface area contributed by atoms with Crippen LogP contribution in [0.15, 0.2) is 42.5 Å². The molecule has 0 aliphatic rings. The Bertz CT molecular complexity index is 330. The molecule has 0 aromatic heterocycles. The lowest BCUT2D eigenvalue weighted by molar-refractivity contribution is -0.483. The van der Waals surface area contributed by atoms with E-state index in [-0.39, 0.29) is 0 Å². The molecule has 3 heteroatoms. The van der Waals surface area contributed by atoms with E-state index in [4.69, 9.17) is 0 Å². The Kier molecular flexibility index (Phi) is 3.73. The second kappa shape index (κ2) is 5.07. The van der Waals surface area contributed by atoms with Crippen LogP contribution in [-0.4, -0.2) is 18.4 Å². The zero-order valence-electron chi connectivity index (χ0n) is 8.14. The molecule has 0 amide bonds. The van der Waals surface area contributed by atoms with E-state index in [1.54, 1.807) is 4.58 Å². The van der Waals surface area contributed by atoms with Crippen molar-refractivity contribution in [3.63, 3.8) is 0 Å². The van der Waals surface area contributed by atoms with Crippen molar-refractivity contribution in [2.75, 3.05) is 7.11 Å². The van der Waals surface area contributed by atoms with Crippen LogP contribution in [0.1, 0.15) is 5.56 Å². The summed E-state index contributed by atoms with van der Waals surface area (Å²) >= 11 is 0. The van der Waals surface area contributed by atoms with Gasteiger partial charge in [-0.1, -0.05) is 30.3 Å². The molecule has 14 heavy (non-hydrogen) atoms. The molecule has 1 aromatic carbocycles. The summed E-state index contributed by atoms with van der Waals surface area (Å²) < 4.78 is 6.03. The van der Waals surface area contributed by atoms with Crippen LogP contribution in [0.3, 0.4) is 0 Å². The molecule has 0 aliphatic carbocycles. The van der Waals surface area contributed by atoms with Gasteiger partial charge >= 0.3 is 0 Å². The molecule has 0 spiro atoms. The number of rotatable bonds is 4. The van der Waals surface area contributed by atoms with E-state index < -0.39 is 5.95 Å². The fourth-order valence-corrected chi connectivity index (χ4v) is 1.07. The maximum absolute atomic E-state index is 10.9. The molecule has 0 saturated carbocycles. The Labute approximate surface area is 83.6 Å². The Balaban J connectivity index is 2.58. The number of hydrogen-bond acceptors (Lipinski definition) is 2. The molecule has 3 nitrogen and oxygen atoms in total. The maximum Gasteiger partial charge on any atom is 0.190 e. The van der Waals surface area contributed by atoms with Gasteiger partial charge in [-0.05, 0) is 7.11 Å². The molecule has 0 aliphatic heterocycles. The Morgan fingerprint density at radius 1 is 1.50 bits per heavy atom. The Hall–Kier alpha value is -1.77. The first kappa shape index (κ1) is 10.3. The molecule has 0 saturated heterocycles. The highest BCUT2D eigenvalue weighted by molar-refractivity contribution is 5.18. The highest BCUT2D eigenvalue weighted by Crippen LogP contribution is 2.00. The van der Waals surface area contributed by atoms with E-state index in [0.29, 0.717) is 6.54 Å². The number of benzene rings is 1. The fourth-order valence-electron chi connectivity index (χ4n) is 1.07. The Morgan fingerprint density at radius 2 is 2.14 bits per heavy atom. The van der Waals surface area contributed by atoms with Gasteiger partial charge < -0.3 is 9.84 Å². The third kappa shape index (κ3) is 3.31. The molecule has 0 N–H and O–H groups in total. The van der Waals surface area contributed by atoms with Crippen LogP contribution in [-0.2, 0) is 11.3 Å². The predicted octanol–water partition coefficient (Wildman–Crippen LogP) is 0.705. The first-order valence-corrected chi connectivity index (χ1v) is 4.26. The van der Waals surface area contributed by atoms with Crippen LogP contribution < -0.4 is 5.11 Å². The second-order valence-electron chi connectivity index (χ2n) is 2.88. The summed E-state index contributed by atoms with van der Waals surface area (Å²) in [5.41, 5.74) is 1.10. The first-order chi connectivity index (χ1) is 6.72. The number of hydrogen-bond donors (Lipinski definition) is 0. The average molecular weight is 191 g/mol. The van der Waals surface area contributed by atoms with Crippen molar-refractivity contribution in [1.29, 1.82) is 0 Å². The largest absolute Gasteiger partial charge is 0.613 e. The van der Waals surface area contributed by atoms with E-state index in [2.05, 4.69) is 11.5 Å². The summed E-state index contributed by atoms with van der Waals surface area (Å²) in [5, 5.41) is 10.9. The molecule has 1 aromatic rings. The zero-order valence-corrected chi connectivity index (χ0v) is 8.14. The lowest BCUT2D eigenvalue weighted by Gasteiger charge is -2.05. The monoisotopic (exact) mass is 191 g/mol. The van der Waals surface area contributed by atoms with Crippen LogP contribution in [0.4, 0.5) is 0 Å². The van der Waals surface area contributed by atoms with Crippen molar-refractivity contribution >= 4 is 6.72 Å². The van der Waals surface area contributed by atoms with E-state index in [0.717, 1.165) is 5.56 Å². The van der Waals surface area contributed by atoms with E-state index >= 15 is 0 Å². The first-order valence-electron chi connectivity index (χ1n) is 4.26. The van der Waals surface area contributed by atoms with E-state index in [9.17, 15) is 5.11 Å². The fraction of sp³-hybridized carbons (Fsp3) is 0.182. The van der Waals surface area contributed by atoms with E-state index in [1.807, 2.05) is 30.3 Å². The third-order valence-electron chi connectivity index (χ3n) is 1.72. The van der Waals surface area contributed by atoms with Gasteiger partial charge in [0.25, 0.3) is 0 Å². The van der Waals surface area contributed by atoms with Crippen molar-refractivity contribution < 1.29 is 14.4 Å². The summed E-state index contributed by atoms with van der Waals surface area (Å²) in [5.74, 6) is -0.393. The summed E-state index contributed by atoms with van der Waals surface area (Å²) in [4.78, 5) is 0. The van der Waals surface area contributed by atoms with Gasteiger partial charge in [0, 0.05) is 5.56 Å². The normalized spacial score (nSPS) is 11.1. The molecular weight excluding hydrogens is 178 g/mol. The Morgan fingerprint density at radius 3 is 2.71 bits per heavy atom. The maximum atomic E-state index is 10.9. The number of ether oxygens (including phenoxy) is 1. The zero-order chi connectivity index (χ0) is 10.4. The van der Waals surface area contributed by atoms with Crippen LogP contribution in [0.2, 0.25) is 0 Å². The quantitative estimate of drug-likeness (QED) is 0.399. The van der Waals surface area contributed by atoms with Gasteiger partial charge in [-0.2, -0.15) is 0 Å². The number of nitrogens with zero attached hydrogens (tertiary/aromatic N) is 1. The summed E-state index contributed by atoms with van der Waals surface area (Å²) in [6.45, 7) is 4.29. The van der Waals surface area contributed by atoms with Crippen molar-refractivity contribution in [2.45, 2.75) is 6.54 Å². The van der Waals surface area contributed by atoms with Gasteiger partial charge in [0.15, 0.2) is 12.7 Å². The molecule has 0 unspecified atom stereocenters. The lowest BCUT2D eigenvalue weighted by atomic mass is 10.2. The molecule has 0 bridgehead atoms. The summed E-state index contributed by atoms with van der Waals surface area (Å²) in [6, 6.07) is 9.79. The van der Waals surface area contributed by atoms with Crippen LogP contribution >= 0.6 is 0 Å². The molecule has 74 valence electrons. The molecule has 1 rings (SSSR count). The van der Waals surface area contributed by atoms with E-state index in [1.165, 1.54) is 13.3 Å². The van der Waals surface area contributed by atoms with Crippen molar-refractivity contribution in [3.8, 4) is 0 Å². The highest BCUT2D eigenvalue weighted by atomic mass is 16.6. The molecule has 0 fully saturated rings. The predicted molar refractivity (Wildman–Crippen MR) is 52.6 cm³/mol. The average Bonchev–Trinajstić information content (AvgIpc) is 2.19. The lowest BCUT2D eigenvalue weighted by Crippen LogP contribution is -2.11. The van der Waals surface area contributed by atoms with Gasteiger partial charge in [0.2, 0.25) is 0 Å². The molecule has 0 heterocycles. The van der Waals surface area contributed by atoms with Crippen LogP contribution in [0.25, 0.3) is 0 Å². The van der Waals surface area contributed by atoms with Gasteiger partial charge in [-0.15, -0.1) is 0 Å². The minimum Gasteiger partial charge on any atom is -0.613 e. The van der Waals surface area contributed by atoms with Gasteiger partial charge in [0.1, 0.15) is 12.7 Å². The summed E-state index contributed by atoms with van der Waals surface area (Å²) in [6.07, 6.45) is 1.33. The highest BCUT2D eigenvalue weighted by Gasteiger charge is 1.98. The smallest absolute Gasteiger partial charge is 0.190 e. The van der Waals surface area contributed by atoms with Crippen LogP contribution in [0.5, 0.6) is 0 Å². The van der Waals surface area contributed by atoms with Gasteiger partial charge in [0.05, 0.1) is 0 Å². The molecule has 0 radical (unpaired) electrons. The summed E-state index contributed by atoms with van der Waals surface area (Å²) in [7, 11) is 1.34. The molecular formula is C11H13NO2. The standard InChI is InChI=1S/C11H13NO2/c1-12(9-11(13)14-2)8-10-6-4-3-5-7-10/h3-7,9H,1,8H2,2H3/b11-9-. The number of methoxy groups -OCH3 is 1. The topological polar surface area (TPSA) is 35.3 Å². The van der Waals surface area contributed by atoms with Crippen molar-refractivity contribution in [3.05, 3.63) is 48.0 Å². The van der Waals surface area contributed by atoms with Gasteiger partial charge in [-0.25, -0.2) is 4.58 Å². The second-order valence-corrected chi connectivity index (χ2v) is 2.88. The van der Waals surface area contributed by atoms with Crippen LogP contribution in [0, 0.1) is 0 Å². The van der Waals surface area contributed by atoms with Crippen molar-refractivity contribution in [2.24, 2.45) is 0 Å². The third-order valence-corrected chi connectivity index (χ3v) is 1.72. The SMILES string of the molecule is C=[N+](/C=C(/[O-])OC)Cc1ccccc1. The van der Waals surface area contributed by atoms with Gasteiger partial charge in [-0.3, -0.25) is 0 Å². The minimum absolute atomic E-state index is 0.393. The minimum atomic E-state index is -0.393.